The van der Waals surface area contributed by atoms with Gasteiger partial charge in [0.1, 0.15) is 5.75 Å². The second kappa shape index (κ2) is 5.29. The standard InChI is InChI=1S/C15H22N2O/c1-18-15-4-2-12(3-5-15)9-17-10-13-6-7-16-8-14(13)11-17/h2-5,13-14,16H,6-11H2,1H3. The molecule has 1 aromatic carbocycles. The predicted molar refractivity (Wildman–Crippen MR) is 72.7 cm³/mol. The van der Waals surface area contributed by atoms with E-state index in [0.717, 1.165) is 24.1 Å². The van der Waals surface area contributed by atoms with Gasteiger partial charge in [-0.15, -0.1) is 0 Å². The van der Waals surface area contributed by atoms with Crippen LogP contribution in [-0.4, -0.2) is 38.2 Å². The number of fused-ring (bicyclic) bond motifs is 1. The molecule has 1 aromatic rings. The van der Waals surface area contributed by atoms with E-state index in [4.69, 9.17) is 4.74 Å². The van der Waals surface area contributed by atoms with Crippen LogP contribution < -0.4 is 10.1 Å². The van der Waals surface area contributed by atoms with Gasteiger partial charge in [0.25, 0.3) is 0 Å². The fraction of sp³-hybridized carbons (Fsp3) is 0.600. The van der Waals surface area contributed by atoms with Crippen molar-refractivity contribution in [3.05, 3.63) is 29.8 Å². The highest BCUT2D eigenvalue weighted by Crippen LogP contribution is 2.29. The minimum atomic E-state index is 0.872. The van der Waals surface area contributed by atoms with E-state index < -0.39 is 0 Å². The minimum Gasteiger partial charge on any atom is -0.497 e. The highest BCUT2D eigenvalue weighted by atomic mass is 16.5. The van der Waals surface area contributed by atoms with Crippen LogP contribution in [-0.2, 0) is 6.54 Å². The first-order valence-corrected chi connectivity index (χ1v) is 6.91. The maximum atomic E-state index is 5.19. The van der Waals surface area contributed by atoms with Crippen molar-refractivity contribution in [2.45, 2.75) is 13.0 Å². The van der Waals surface area contributed by atoms with E-state index in [-0.39, 0.29) is 0 Å². The zero-order valence-corrected chi connectivity index (χ0v) is 11.1. The van der Waals surface area contributed by atoms with Gasteiger partial charge >= 0.3 is 0 Å². The Labute approximate surface area is 109 Å². The fourth-order valence-electron chi connectivity index (χ4n) is 3.29. The van der Waals surface area contributed by atoms with E-state index in [2.05, 4.69) is 34.5 Å². The molecule has 1 N–H and O–H groups in total. The summed E-state index contributed by atoms with van der Waals surface area (Å²) in [6.07, 6.45) is 1.35. The quantitative estimate of drug-likeness (QED) is 0.879. The third kappa shape index (κ3) is 2.52. The summed E-state index contributed by atoms with van der Waals surface area (Å²) in [7, 11) is 1.72. The molecule has 0 radical (unpaired) electrons. The van der Waals surface area contributed by atoms with Gasteiger partial charge in [0, 0.05) is 19.6 Å². The molecule has 98 valence electrons. The number of benzene rings is 1. The Morgan fingerprint density at radius 1 is 1.22 bits per heavy atom. The molecule has 2 aliphatic heterocycles. The minimum absolute atomic E-state index is 0.872. The molecule has 3 rings (SSSR count). The summed E-state index contributed by atoms with van der Waals surface area (Å²) < 4.78 is 5.19. The van der Waals surface area contributed by atoms with Crippen LogP contribution >= 0.6 is 0 Å². The molecule has 2 atom stereocenters. The highest BCUT2D eigenvalue weighted by molar-refractivity contribution is 5.27. The molecule has 2 aliphatic rings. The molecule has 0 aliphatic carbocycles. The van der Waals surface area contributed by atoms with Crippen LogP contribution in [0.5, 0.6) is 5.75 Å². The summed E-state index contributed by atoms with van der Waals surface area (Å²) in [5, 5.41) is 3.51. The molecule has 2 heterocycles. The topological polar surface area (TPSA) is 24.5 Å². The number of likely N-dealkylation sites (tertiary alicyclic amines) is 1. The predicted octanol–water partition coefficient (Wildman–Crippen LogP) is 1.74. The normalized spacial score (nSPS) is 28.1. The van der Waals surface area contributed by atoms with Crippen molar-refractivity contribution < 1.29 is 4.74 Å². The van der Waals surface area contributed by atoms with Crippen molar-refractivity contribution in [2.24, 2.45) is 11.8 Å². The number of nitrogens with zero attached hydrogens (tertiary/aromatic N) is 1. The van der Waals surface area contributed by atoms with Crippen molar-refractivity contribution in [3.8, 4) is 5.75 Å². The van der Waals surface area contributed by atoms with Crippen molar-refractivity contribution in [3.63, 3.8) is 0 Å². The molecule has 0 aromatic heterocycles. The highest BCUT2D eigenvalue weighted by Gasteiger charge is 2.33. The van der Waals surface area contributed by atoms with Gasteiger partial charge in [-0.25, -0.2) is 0 Å². The molecule has 2 unspecified atom stereocenters. The summed E-state index contributed by atoms with van der Waals surface area (Å²) in [6.45, 7) is 6.03. The van der Waals surface area contributed by atoms with Gasteiger partial charge in [-0.2, -0.15) is 0 Å². The van der Waals surface area contributed by atoms with Crippen molar-refractivity contribution in [2.75, 3.05) is 33.3 Å². The maximum Gasteiger partial charge on any atom is 0.118 e. The van der Waals surface area contributed by atoms with Crippen molar-refractivity contribution in [1.29, 1.82) is 0 Å². The Morgan fingerprint density at radius 2 is 2.00 bits per heavy atom. The van der Waals surface area contributed by atoms with Crippen molar-refractivity contribution >= 4 is 0 Å². The molecule has 0 saturated carbocycles. The van der Waals surface area contributed by atoms with E-state index in [9.17, 15) is 0 Å². The zero-order chi connectivity index (χ0) is 12.4. The Bertz CT molecular complexity index is 376. The second-order valence-corrected chi connectivity index (χ2v) is 5.56. The van der Waals surface area contributed by atoms with Gasteiger partial charge < -0.3 is 10.1 Å². The molecule has 0 bridgehead atoms. The van der Waals surface area contributed by atoms with Gasteiger partial charge in [-0.1, -0.05) is 12.1 Å². The number of nitrogens with one attached hydrogen (secondary N) is 1. The van der Waals surface area contributed by atoms with Crippen LogP contribution in [0.2, 0.25) is 0 Å². The Balaban J connectivity index is 1.59. The van der Waals surface area contributed by atoms with Crippen LogP contribution in [0.4, 0.5) is 0 Å². The molecule has 2 saturated heterocycles. The fourth-order valence-corrected chi connectivity index (χ4v) is 3.29. The lowest BCUT2D eigenvalue weighted by Crippen LogP contribution is -2.35. The maximum absolute atomic E-state index is 5.19. The molecular formula is C15H22N2O. The van der Waals surface area contributed by atoms with Crippen LogP contribution in [0.3, 0.4) is 0 Å². The first-order valence-electron chi connectivity index (χ1n) is 6.91. The number of hydrogen-bond acceptors (Lipinski definition) is 3. The van der Waals surface area contributed by atoms with Crippen LogP contribution in [0.15, 0.2) is 24.3 Å². The Morgan fingerprint density at radius 3 is 2.72 bits per heavy atom. The largest absolute Gasteiger partial charge is 0.497 e. The Kier molecular flexibility index (Phi) is 3.52. The Hall–Kier alpha value is -1.06. The van der Waals surface area contributed by atoms with Gasteiger partial charge in [-0.05, 0) is 49.0 Å². The van der Waals surface area contributed by atoms with E-state index in [1.165, 1.54) is 38.2 Å². The SMILES string of the molecule is COc1ccc(CN2CC3CCNCC3C2)cc1. The summed E-state index contributed by atoms with van der Waals surface area (Å²) in [4.78, 5) is 2.60. The van der Waals surface area contributed by atoms with Gasteiger partial charge in [0.15, 0.2) is 0 Å². The van der Waals surface area contributed by atoms with E-state index >= 15 is 0 Å². The van der Waals surface area contributed by atoms with E-state index in [1.807, 2.05) is 0 Å². The third-order valence-electron chi connectivity index (χ3n) is 4.32. The second-order valence-electron chi connectivity index (χ2n) is 5.56. The number of ether oxygens (including phenoxy) is 1. The van der Waals surface area contributed by atoms with Crippen LogP contribution in [0.1, 0.15) is 12.0 Å². The molecule has 0 spiro atoms. The lowest BCUT2D eigenvalue weighted by molar-refractivity contribution is 0.313. The van der Waals surface area contributed by atoms with Gasteiger partial charge in [-0.3, -0.25) is 4.90 Å². The summed E-state index contributed by atoms with van der Waals surface area (Å²) in [5.41, 5.74) is 1.39. The number of rotatable bonds is 3. The van der Waals surface area contributed by atoms with Gasteiger partial charge in [0.2, 0.25) is 0 Å². The van der Waals surface area contributed by atoms with Crippen LogP contribution in [0.25, 0.3) is 0 Å². The third-order valence-corrected chi connectivity index (χ3v) is 4.32. The van der Waals surface area contributed by atoms with E-state index in [0.29, 0.717) is 0 Å². The monoisotopic (exact) mass is 246 g/mol. The molecule has 2 fully saturated rings. The summed E-state index contributed by atoms with van der Waals surface area (Å²) in [5.74, 6) is 2.74. The molecule has 18 heavy (non-hydrogen) atoms. The van der Waals surface area contributed by atoms with E-state index in [1.54, 1.807) is 7.11 Å². The molecule has 3 nitrogen and oxygen atoms in total. The first-order chi connectivity index (χ1) is 8.85. The number of hydrogen-bond donors (Lipinski definition) is 1. The first kappa shape index (κ1) is 12.0. The number of piperidine rings is 1. The number of methoxy groups -OCH3 is 1. The lowest BCUT2D eigenvalue weighted by Gasteiger charge is -2.24. The van der Waals surface area contributed by atoms with Crippen LogP contribution in [0, 0.1) is 11.8 Å². The summed E-state index contributed by atoms with van der Waals surface area (Å²) >= 11 is 0. The van der Waals surface area contributed by atoms with Gasteiger partial charge in [0.05, 0.1) is 7.11 Å². The average Bonchev–Trinajstić information content (AvgIpc) is 2.82. The van der Waals surface area contributed by atoms with Crippen molar-refractivity contribution in [1.82, 2.24) is 10.2 Å². The molecule has 3 heteroatoms. The average molecular weight is 246 g/mol. The molecular weight excluding hydrogens is 224 g/mol. The molecule has 0 amide bonds. The zero-order valence-electron chi connectivity index (χ0n) is 11.1. The summed E-state index contributed by atoms with van der Waals surface area (Å²) in [6, 6.07) is 8.47. The lowest BCUT2D eigenvalue weighted by atomic mass is 9.90. The smallest absolute Gasteiger partial charge is 0.118 e.